The molecule has 4 rings (SSSR count). The number of nitrogens with zero attached hydrogens (tertiary/aromatic N) is 5. The van der Waals surface area contributed by atoms with Crippen molar-refractivity contribution in [2.75, 3.05) is 0 Å². The lowest BCUT2D eigenvalue weighted by molar-refractivity contribution is 0.479. The molecule has 0 bridgehead atoms. The van der Waals surface area contributed by atoms with E-state index in [0.717, 1.165) is 24.3 Å². The Labute approximate surface area is 187 Å². The maximum atomic E-state index is 11.7. The Balaban J connectivity index is 2.07. The Hall–Kier alpha value is -3.59. The molecule has 1 heterocycles. The number of phenolic OH excluding ortho intramolecular Hbond substituents is 1. The highest BCUT2D eigenvalue weighted by atomic mass is 32.2. The molecule has 0 saturated carbocycles. The first-order valence-corrected chi connectivity index (χ1v) is 12.0. The molecular formula is C19H15N5O7S2. The number of hydrogen-bond acceptors (Lipinski definition) is 10. The second-order valence-corrected chi connectivity index (χ2v) is 9.89. The molecule has 33 heavy (non-hydrogen) atoms. The molecule has 3 aromatic carbocycles. The van der Waals surface area contributed by atoms with Crippen molar-refractivity contribution < 1.29 is 31.0 Å². The van der Waals surface area contributed by atoms with Crippen molar-refractivity contribution in [3.8, 4) is 5.75 Å². The number of fused-ring (bicyclic) bond motifs is 3. The molecule has 3 N–H and O–H groups in total. The zero-order valence-corrected chi connectivity index (χ0v) is 18.6. The summed E-state index contributed by atoms with van der Waals surface area (Å²) in [5.74, 6) is -0.681. The Morgan fingerprint density at radius 1 is 0.727 bits per heavy atom. The highest BCUT2D eigenvalue weighted by Gasteiger charge is 2.20. The van der Waals surface area contributed by atoms with Gasteiger partial charge in [0, 0.05) is 10.8 Å². The number of phenols is 1. The fourth-order valence-electron chi connectivity index (χ4n) is 3.17. The Morgan fingerprint density at radius 2 is 1.27 bits per heavy atom. The number of aromatic nitrogens is 3. The van der Waals surface area contributed by atoms with Gasteiger partial charge in [-0.05, 0) is 48.9 Å². The normalized spacial score (nSPS) is 12.7. The van der Waals surface area contributed by atoms with Crippen LogP contribution in [0.15, 0.2) is 56.4 Å². The minimum Gasteiger partial charge on any atom is -0.505 e. The smallest absolute Gasteiger partial charge is 0.294 e. The van der Waals surface area contributed by atoms with Crippen molar-refractivity contribution in [2.24, 2.45) is 10.2 Å². The average Bonchev–Trinajstić information content (AvgIpc) is 2.74. The van der Waals surface area contributed by atoms with Crippen LogP contribution < -0.4 is 0 Å². The SMILES string of the molecule is Cc1nnc(N=Nc2c(O)c3cc(S(=O)(=O)O)ccc3c3ccc(S(=O)(=O)O)cc23)nc1C. The highest BCUT2D eigenvalue weighted by Crippen LogP contribution is 2.44. The van der Waals surface area contributed by atoms with Crippen LogP contribution in [0.1, 0.15) is 11.4 Å². The third-order valence-electron chi connectivity index (χ3n) is 4.92. The number of hydrogen-bond donors (Lipinski definition) is 3. The number of aryl methyl sites for hydroxylation is 2. The van der Waals surface area contributed by atoms with Gasteiger partial charge in [-0.15, -0.1) is 15.3 Å². The van der Waals surface area contributed by atoms with E-state index in [1.807, 2.05) is 0 Å². The van der Waals surface area contributed by atoms with Gasteiger partial charge >= 0.3 is 0 Å². The lowest BCUT2D eigenvalue weighted by Gasteiger charge is -2.12. The lowest BCUT2D eigenvalue weighted by atomic mass is 9.99. The second-order valence-electron chi connectivity index (χ2n) is 7.04. The molecule has 12 nitrogen and oxygen atoms in total. The van der Waals surface area contributed by atoms with Gasteiger partial charge in [-0.2, -0.15) is 21.9 Å². The Morgan fingerprint density at radius 3 is 1.82 bits per heavy atom. The molecule has 0 amide bonds. The van der Waals surface area contributed by atoms with E-state index in [2.05, 4.69) is 25.4 Å². The van der Waals surface area contributed by atoms with Crippen molar-refractivity contribution in [2.45, 2.75) is 23.6 Å². The van der Waals surface area contributed by atoms with Crippen molar-refractivity contribution in [1.82, 2.24) is 15.2 Å². The van der Waals surface area contributed by atoms with Gasteiger partial charge in [0.15, 0.2) is 5.75 Å². The summed E-state index contributed by atoms with van der Waals surface area (Å²) < 4.78 is 65.3. The first-order chi connectivity index (χ1) is 15.4. The van der Waals surface area contributed by atoms with E-state index in [1.165, 1.54) is 12.1 Å². The maximum absolute atomic E-state index is 11.7. The van der Waals surface area contributed by atoms with Gasteiger partial charge in [0.2, 0.25) is 0 Å². The van der Waals surface area contributed by atoms with Crippen LogP contribution >= 0.6 is 0 Å². The van der Waals surface area contributed by atoms with E-state index in [1.54, 1.807) is 13.8 Å². The molecule has 170 valence electrons. The van der Waals surface area contributed by atoms with Gasteiger partial charge in [0.25, 0.3) is 26.2 Å². The molecule has 0 unspecified atom stereocenters. The van der Waals surface area contributed by atoms with Gasteiger partial charge in [-0.1, -0.05) is 12.1 Å². The summed E-state index contributed by atoms with van der Waals surface area (Å²) in [6.45, 7) is 3.38. The quantitative estimate of drug-likeness (QED) is 0.217. The third-order valence-corrected chi connectivity index (χ3v) is 6.62. The summed E-state index contributed by atoms with van der Waals surface area (Å²) in [4.78, 5) is 3.18. The van der Waals surface area contributed by atoms with Crippen LogP contribution in [0.3, 0.4) is 0 Å². The molecule has 0 fully saturated rings. The minimum atomic E-state index is -4.58. The third kappa shape index (κ3) is 4.23. The van der Waals surface area contributed by atoms with Crippen LogP contribution in [-0.2, 0) is 20.2 Å². The Kier molecular flexibility index (Phi) is 5.32. The summed E-state index contributed by atoms with van der Waals surface area (Å²) in [6, 6.07) is 7.11. The van der Waals surface area contributed by atoms with Crippen molar-refractivity contribution >= 4 is 53.4 Å². The maximum Gasteiger partial charge on any atom is 0.294 e. The zero-order valence-electron chi connectivity index (χ0n) is 17.0. The van der Waals surface area contributed by atoms with Crippen LogP contribution in [0.4, 0.5) is 11.6 Å². The standard InChI is InChI=1S/C19H15N5O7S2/c1-9-10(2)21-23-19(20-9)24-22-17-15-7-11(32(26,27)28)3-5-13(15)14-6-4-12(33(29,30)31)8-16(14)18(17)25/h3-8,25H,1-2H3,(H,26,27,28)(H,29,30,31). The monoisotopic (exact) mass is 489 g/mol. The molecule has 0 aliphatic rings. The number of azo groups is 1. The zero-order chi connectivity index (χ0) is 24.1. The largest absolute Gasteiger partial charge is 0.505 e. The van der Waals surface area contributed by atoms with Crippen molar-refractivity contribution in [1.29, 1.82) is 0 Å². The molecule has 14 heteroatoms. The van der Waals surface area contributed by atoms with Crippen LogP contribution in [0.25, 0.3) is 21.5 Å². The predicted molar refractivity (Wildman–Crippen MR) is 116 cm³/mol. The fraction of sp³-hybridized carbons (Fsp3) is 0.105. The summed E-state index contributed by atoms with van der Waals surface area (Å²) >= 11 is 0. The topological polar surface area (TPSA) is 192 Å². The van der Waals surface area contributed by atoms with Gasteiger partial charge < -0.3 is 5.11 Å². The minimum absolute atomic E-state index is 0.00492. The summed E-state index contributed by atoms with van der Waals surface area (Å²) in [7, 11) is -9.15. The molecule has 1 aromatic heterocycles. The summed E-state index contributed by atoms with van der Waals surface area (Å²) in [5, 5.41) is 27.2. The first kappa shape index (κ1) is 22.6. The van der Waals surface area contributed by atoms with Crippen LogP contribution in [0, 0.1) is 13.8 Å². The van der Waals surface area contributed by atoms with E-state index in [4.69, 9.17) is 0 Å². The second kappa shape index (κ2) is 7.77. The van der Waals surface area contributed by atoms with Gasteiger partial charge in [0.05, 0.1) is 21.2 Å². The number of aromatic hydroxyl groups is 1. The van der Waals surface area contributed by atoms with E-state index in [-0.39, 0.29) is 22.4 Å². The summed E-state index contributed by atoms with van der Waals surface area (Å²) in [6.07, 6.45) is 0. The van der Waals surface area contributed by atoms with Gasteiger partial charge in [-0.25, -0.2) is 4.98 Å². The molecule has 0 spiro atoms. The van der Waals surface area contributed by atoms with E-state index >= 15 is 0 Å². The van der Waals surface area contributed by atoms with Crippen LogP contribution in [0.5, 0.6) is 5.75 Å². The molecule has 0 saturated heterocycles. The van der Waals surface area contributed by atoms with Crippen molar-refractivity contribution in [3.63, 3.8) is 0 Å². The molecular weight excluding hydrogens is 474 g/mol. The lowest BCUT2D eigenvalue weighted by Crippen LogP contribution is -1.99. The molecule has 0 aliphatic carbocycles. The van der Waals surface area contributed by atoms with Crippen molar-refractivity contribution in [3.05, 3.63) is 47.8 Å². The van der Waals surface area contributed by atoms with E-state index < -0.39 is 35.8 Å². The van der Waals surface area contributed by atoms with E-state index in [9.17, 15) is 31.0 Å². The fourth-order valence-corrected chi connectivity index (χ4v) is 4.18. The first-order valence-electron chi connectivity index (χ1n) is 9.13. The predicted octanol–water partition coefficient (Wildman–Crippen LogP) is 3.41. The van der Waals surface area contributed by atoms with Gasteiger partial charge in [-0.3, -0.25) is 9.11 Å². The molecule has 4 aromatic rings. The Bertz CT molecular complexity index is 1700. The number of rotatable bonds is 4. The molecule has 0 radical (unpaired) electrons. The highest BCUT2D eigenvalue weighted by molar-refractivity contribution is 7.86. The molecule has 0 aliphatic heterocycles. The van der Waals surface area contributed by atoms with Gasteiger partial charge in [0.1, 0.15) is 5.69 Å². The van der Waals surface area contributed by atoms with Crippen LogP contribution in [0.2, 0.25) is 0 Å². The van der Waals surface area contributed by atoms with Crippen LogP contribution in [-0.4, -0.2) is 46.2 Å². The van der Waals surface area contributed by atoms with E-state index in [0.29, 0.717) is 22.2 Å². The molecule has 0 atom stereocenters. The summed E-state index contributed by atoms with van der Waals surface area (Å²) in [5.41, 5.74) is 0.874. The number of benzene rings is 3. The average molecular weight is 489 g/mol.